The van der Waals surface area contributed by atoms with Gasteiger partial charge in [-0.2, -0.15) is 0 Å². The van der Waals surface area contributed by atoms with Gasteiger partial charge < -0.3 is 15.0 Å². The van der Waals surface area contributed by atoms with Crippen molar-refractivity contribution in [3.8, 4) is 5.75 Å². The first-order chi connectivity index (χ1) is 6.74. The van der Waals surface area contributed by atoms with Gasteiger partial charge in [0.25, 0.3) is 0 Å². The largest absolute Gasteiger partial charge is 0.768 e. The molecule has 0 aliphatic carbocycles. The molecular formula is C9H10NO3S-. The fraction of sp³-hybridized carbons (Fsp3) is 0.111. The second-order valence-corrected chi connectivity index (χ2v) is 3.37. The van der Waals surface area contributed by atoms with E-state index in [-0.39, 0.29) is 4.90 Å². The lowest BCUT2D eigenvalue weighted by Crippen LogP contribution is -1.94. The van der Waals surface area contributed by atoms with E-state index in [9.17, 15) is 8.76 Å². The summed E-state index contributed by atoms with van der Waals surface area (Å²) in [6, 6.07) is 6.08. The lowest BCUT2D eigenvalue weighted by molar-refractivity contribution is 0.479. The number of hydrogen-bond donors (Lipinski definition) is 1. The van der Waals surface area contributed by atoms with Crippen molar-refractivity contribution in [3.63, 3.8) is 0 Å². The highest BCUT2D eigenvalue weighted by atomic mass is 32.2. The van der Waals surface area contributed by atoms with E-state index in [2.05, 4.69) is 0 Å². The molecule has 2 N–H and O–H groups in total. The summed E-state index contributed by atoms with van der Waals surface area (Å²) in [5.41, 5.74) is 5.21. The van der Waals surface area contributed by atoms with Gasteiger partial charge in [-0.15, -0.1) is 0 Å². The fourth-order valence-electron chi connectivity index (χ4n) is 0.812. The Hall–Kier alpha value is -1.17. The zero-order valence-electron chi connectivity index (χ0n) is 7.38. The van der Waals surface area contributed by atoms with Crippen LogP contribution in [-0.2, 0) is 11.1 Å². The molecule has 0 bridgehead atoms. The predicted molar refractivity (Wildman–Crippen MR) is 52.5 cm³/mol. The molecule has 5 heteroatoms. The number of rotatable bonds is 4. The molecule has 0 saturated carbocycles. The zero-order chi connectivity index (χ0) is 10.4. The average Bonchev–Trinajstić information content (AvgIpc) is 2.19. The highest BCUT2D eigenvalue weighted by molar-refractivity contribution is 7.79. The Kier molecular flexibility index (Phi) is 4.31. The number of hydrogen-bond acceptors (Lipinski definition) is 4. The third-order valence-electron chi connectivity index (χ3n) is 1.45. The van der Waals surface area contributed by atoms with Crippen LogP contribution >= 0.6 is 0 Å². The maximum absolute atomic E-state index is 10.5. The molecule has 0 amide bonds. The predicted octanol–water partition coefficient (Wildman–Crippen LogP) is 0.776. The van der Waals surface area contributed by atoms with Crippen molar-refractivity contribution in [2.45, 2.75) is 4.90 Å². The van der Waals surface area contributed by atoms with Crippen molar-refractivity contribution in [2.75, 3.05) is 6.54 Å². The molecule has 1 atom stereocenters. The van der Waals surface area contributed by atoms with E-state index in [0.29, 0.717) is 12.3 Å². The first-order valence-electron chi connectivity index (χ1n) is 3.95. The molecule has 1 aromatic carbocycles. The second kappa shape index (κ2) is 5.54. The van der Waals surface area contributed by atoms with E-state index in [1.165, 1.54) is 18.4 Å². The van der Waals surface area contributed by atoms with Crippen LogP contribution < -0.4 is 10.5 Å². The van der Waals surface area contributed by atoms with Gasteiger partial charge in [-0.3, -0.25) is 4.21 Å². The molecule has 0 radical (unpaired) electrons. The van der Waals surface area contributed by atoms with Crippen molar-refractivity contribution in [3.05, 3.63) is 36.6 Å². The highest BCUT2D eigenvalue weighted by Gasteiger charge is 1.93. The smallest absolute Gasteiger partial charge is 0.126 e. The van der Waals surface area contributed by atoms with Crippen LogP contribution in [0.25, 0.3) is 0 Å². The number of nitrogens with two attached hydrogens (primary N) is 1. The quantitative estimate of drug-likeness (QED) is 0.591. The SMILES string of the molecule is NCC=COc1ccc(S(=O)[O-])cc1. The Morgan fingerprint density at radius 3 is 2.57 bits per heavy atom. The number of benzene rings is 1. The van der Waals surface area contributed by atoms with Crippen LogP contribution in [0.1, 0.15) is 0 Å². The molecule has 0 aliphatic rings. The van der Waals surface area contributed by atoms with Gasteiger partial charge in [-0.1, -0.05) is 0 Å². The Morgan fingerprint density at radius 1 is 1.43 bits per heavy atom. The van der Waals surface area contributed by atoms with E-state index < -0.39 is 11.1 Å². The van der Waals surface area contributed by atoms with Gasteiger partial charge in [0.2, 0.25) is 0 Å². The molecule has 1 rings (SSSR count). The summed E-state index contributed by atoms with van der Waals surface area (Å²) in [4.78, 5) is 0.236. The van der Waals surface area contributed by atoms with Crippen molar-refractivity contribution >= 4 is 11.1 Å². The van der Waals surface area contributed by atoms with Crippen molar-refractivity contribution in [2.24, 2.45) is 5.73 Å². The minimum atomic E-state index is -2.19. The summed E-state index contributed by atoms with van der Waals surface area (Å²) in [5, 5.41) is 0. The minimum Gasteiger partial charge on any atom is -0.768 e. The summed E-state index contributed by atoms with van der Waals surface area (Å²) >= 11 is -2.19. The van der Waals surface area contributed by atoms with Gasteiger partial charge in [-0.25, -0.2) is 0 Å². The maximum atomic E-state index is 10.5. The van der Waals surface area contributed by atoms with Crippen molar-refractivity contribution in [1.29, 1.82) is 0 Å². The molecule has 0 saturated heterocycles. The van der Waals surface area contributed by atoms with Crippen LogP contribution in [0.2, 0.25) is 0 Å². The van der Waals surface area contributed by atoms with Crippen LogP contribution in [0, 0.1) is 0 Å². The Morgan fingerprint density at radius 2 is 2.07 bits per heavy atom. The monoisotopic (exact) mass is 212 g/mol. The highest BCUT2D eigenvalue weighted by Crippen LogP contribution is 2.13. The molecule has 0 spiro atoms. The molecule has 14 heavy (non-hydrogen) atoms. The van der Waals surface area contributed by atoms with E-state index in [0.717, 1.165) is 0 Å². The minimum absolute atomic E-state index is 0.236. The standard InChI is InChI=1S/C9H11NO3S/c10-6-1-7-13-8-2-4-9(5-3-8)14(11)12/h1-5,7H,6,10H2,(H,11,12)/p-1. The number of ether oxygens (including phenoxy) is 1. The average molecular weight is 212 g/mol. The van der Waals surface area contributed by atoms with Gasteiger partial charge in [0.15, 0.2) is 0 Å². The zero-order valence-corrected chi connectivity index (χ0v) is 8.20. The Labute approximate surface area is 84.7 Å². The summed E-state index contributed by atoms with van der Waals surface area (Å²) < 4.78 is 26.1. The first-order valence-corrected chi connectivity index (χ1v) is 5.02. The van der Waals surface area contributed by atoms with Crippen LogP contribution in [-0.4, -0.2) is 15.3 Å². The van der Waals surface area contributed by atoms with Crippen LogP contribution in [0.15, 0.2) is 41.5 Å². The van der Waals surface area contributed by atoms with Crippen LogP contribution in [0.4, 0.5) is 0 Å². The van der Waals surface area contributed by atoms with Gasteiger partial charge in [0, 0.05) is 11.4 Å². The van der Waals surface area contributed by atoms with Crippen molar-refractivity contribution in [1.82, 2.24) is 0 Å². The summed E-state index contributed by atoms with van der Waals surface area (Å²) in [6.45, 7) is 0.405. The topological polar surface area (TPSA) is 75.4 Å². The fourth-order valence-corrected chi connectivity index (χ4v) is 1.17. The van der Waals surface area contributed by atoms with Gasteiger partial charge in [0.1, 0.15) is 5.75 Å². The van der Waals surface area contributed by atoms with E-state index in [1.807, 2.05) is 0 Å². The molecule has 76 valence electrons. The summed E-state index contributed by atoms with van der Waals surface area (Å²) in [7, 11) is 0. The lowest BCUT2D eigenvalue weighted by atomic mass is 10.3. The maximum Gasteiger partial charge on any atom is 0.126 e. The normalized spacial score (nSPS) is 13.0. The van der Waals surface area contributed by atoms with Gasteiger partial charge >= 0.3 is 0 Å². The first kappa shape index (κ1) is 10.9. The van der Waals surface area contributed by atoms with Crippen LogP contribution in [0.3, 0.4) is 0 Å². The summed E-state index contributed by atoms with van der Waals surface area (Å²) in [6.07, 6.45) is 3.11. The van der Waals surface area contributed by atoms with Gasteiger partial charge in [0.05, 0.1) is 6.26 Å². The Bertz CT molecular complexity index is 334. The van der Waals surface area contributed by atoms with Gasteiger partial charge in [-0.05, 0) is 41.4 Å². The molecule has 0 heterocycles. The summed E-state index contributed by atoms with van der Waals surface area (Å²) in [5.74, 6) is 0.573. The third-order valence-corrected chi connectivity index (χ3v) is 2.11. The molecule has 0 fully saturated rings. The molecule has 0 aliphatic heterocycles. The molecule has 1 unspecified atom stereocenters. The third kappa shape index (κ3) is 3.29. The molecule has 4 nitrogen and oxygen atoms in total. The second-order valence-electron chi connectivity index (χ2n) is 2.43. The van der Waals surface area contributed by atoms with E-state index in [4.69, 9.17) is 10.5 Å². The molecular weight excluding hydrogens is 202 g/mol. The van der Waals surface area contributed by atoms with E-state index in [1.54, 1.807) is 18.2 Å². The lowest BCUT2D eigenvalue weighted by Gasteiger charge is -2.05. The molecule has 0 aromatic heterocycles. The van der Waals surface area contributed by atoms with E-state index >= 15 is 0 Å². The molecule has 1 aromatic rings. The Balaban J connectivity index is 2.64. The van der Waals surface area contributed by atoms with Crippen molar-refractivity contribution < 1.29 is 13.5 Å². The van der Waals surface area contributed by atoms with Crippen LogP contribution in [0.5, 0.6) is 5.75 Å².